The molecule has 0 aliphatic heterocycles. The zero-order valence-corrected chi connectivity index (χ0v) is 21.2. The topological polar surface area (TPSA) is 147 Å². The molecule has 1 atom stereocenters. The number of halogens is 3. The Hall–Kier alpha value is -3.70. The third kappa shape index (κ3) is 7.42. The number of hydrogen-bond acceptors (Lipinski definition) is 9. The van der Waals surface area contributed by atoms with Gasteiger partial charge < -0.3 is 21.1 Å². The van der Waals surface area contributed by atoms with Crippen LogP contribution >= 0.6 is 0 Å². The van der Waals surface area contributed by atoms with E-state index < -0.39 is 23.3 Å². The Morgan fingerprint density at radius 1 is 1.34 bits per heavy atom. The maximum atomic E-state index is 11.9. The smallest absolute Gasteiger partial charge is 0.446 e. The number of hydrogen-bond donors (Lipinski definition) is 3. The number of carbonyl (C=O) groups excluding carboxylic acids is 1. The lowest BCUT2D eigenvalue weighted by Gasteiger charge is -2.16. The Bertz CT molecular complexity index is 1400. The lowest BCUT2D eigenvalue weighted by Crippen LogP contribution is -2.30. The number of aromatic nitrogens is 3. The Morgan fingerprint density at radius 3 is 2.63 bits per heavy atom. The number of anilines is 3. The van der Waals surface area contributed by atoms with Gasteiger partial charge >= 0.3 is 6.18 Å². The first-order chi connectivity index (χ1) is 18.0. The molecule has 0 amide bonds. The maximum absolute atomic E-state index is 11.9. The average molecular weight is 550 g/mol. The minimum absolute atomic E-state index is 0.229. The van der Waals surface area contributed by atoms with Crippen molar-refractivity contribution in [1.29, 1.82) is 5.26 Å². The molecule has 10 nitrogen and oxygen atoms in total. The van der Waals surface area contributed by atoms with E-state index in [0.717, 1.165) is 42.8 Å². The van der Waals surface area contributed by atoms with Gasteiger partial charge in [0, 0.05) is 40.4 Å². The summed E-state index contributed by atoms with van der Waals surface area (Å²) in [5.41, 5.74) is 8.46. The molecule has 2 heterocycles. The Balaban J connectivity index is 0.000000505. The predicted octanol–water partition coefficient (Wildman–Crippen LogP) is 3.42. The normalized spacial score (nSPS) is 16.5. The van der Waals surface area contributed by atoms with Gasteiger partial charge in [0.1, 0.15) is 35.6 Å². The van der Waals surface area contributed by atoms with E-state index in [4.69, 9.17) is 15.3 Å². The van der Waals surface area contributed by atoms with E-state index in [-0.39, 0.29) is 5.54 Å². The van der Waals surface area contributed by atoms with Crippen LogP contribution in [0.4, 0.5) is 30.5 Å². The van der Waals surface area contributed by atoms with Crippen LogP contribution < -0.4 is 21.1 Å². The molecule has 0 spiro atoms. The zero-order valence-electron chi connectivity index (χ0n) is 20.4. The van der Waals surface area contributed by atoms with Gasteiger partial charge in [0.2, 0.25) is 6.29 Å². The van der Waals surface area contributed by atoms with Crippen molar-refractivity contribution in [2.75, 3.05) is 23.5 Å². The van der Waals surface area contributed by atoms with Gasteiger partial charge in [0.05, 0.1) is 17.5 Å². The minimum Gasteiger partial charge on any atom is -0.491 e. The fourth-order valence-corrected chi connectivity index (χ4v) is 4.11. The highest BCUT2D eigenvalue weighted by Crippen LogP contribution is 2.34. The summed E-state index contributed by atoms with van der Waals surface area (Å²) in [6.45, 7) is 0.454. The molecule has 38 heavy (non-hydrogen) atoms. The second-order valence-corrected chi connectivity index (χ2v) is 10.8. The molecule has 2 saturated carbocycles. The van der Waals surface area contributed by atoms with Crippen LogP contribution in [0.2, 0.25) is 0 Å². The number of nitrogens with zero attached hydrogens (tertiary/aromatic N) is 4. The molecule has 0 saturated heterocycles. The highest BCUT2D eigenvalue weighted by molar-refractivity contribution is 7.83. The molecule has 4 N–H and O–H groups in total. The summed E-state index contributed by atoms with van der Waals surface area (Å²) in [7, 11) is -1.02. The lowest BCUT2D eigenvalue weighted by molar-refractivity contribution is -0.156. The molecule has 2 aromatic heterocycles. The molecule has 0 radical (unpaired) electrons. The molecular formula is C24H26F3N7O3S. The van der Waals surface area contributed by atoms with E-state index in [0.29, 0.717) is 41.2 Å². The van der Waals surface area contributed by atoms with Crippen LogP contribution in [0.25, 0.3) is 5.65 Å². The van der Waals surface area contributed by atoms with Crippen molar-refractivity contribution in [3.05, 3.63) is 41.6 Å². The van der Waals surface area contributed by atoms with Crippen molar-refractivity contribution >= 4 is 40.1 Å². The quantitative estimate of drug-likeness (QED) is 0.342. The van der Waals surface area contributed by atoms with E-state index in [1.807, 2.05) is 24.3 Å². The second kappa shape index (κ2) is 11.0. The lowest BCUT2D eigenvalue weighted by atomic mass is 10.2. The van der Waals surface area contributed by atoms with Crippen LogP contribution in [0.15, 0.2) is 30.5 Å². The monoisotopic (exact) mass is 549 g/mol. The fraction of sp³-hybridized carbons (Fsp3) is 0.417. The van der Waals surface area contributed by atoms with Crippen molar-refractivity contribution in [2.45, 2.75) is 49.2 Å². The number of nitriles is 1. The summed E-state index contributed by atoms with van der Waals surface area (Å²) in [6.07, 6.45) is 1.65. The number of nitrogens with one attached hydrogen (secondary N) is 2. The minimum atomic E-state index is -4.64. The number of aldehydes is 1. The van der Waals surface area contributed by atoms with Crippen LogP contribution in [-0.4, -0.2) is 55.7 Å². The number of ether oxygens (including phenoxy) is 1. The molecule has 0 bridgehead atoms. The Kier molecular flexibility index (Phi) is 7.89. The van der Waals surface area contributed by atoms with Crippen LogP contribution in [0.1, 0.15) is 36.8 Å². The predicted molar refractivity (Wildman–Crippen MR) is 136 cm³/mol. The first kappa shape index (κ1) is 27.3. The van der Waals surface area contributed by atoms with Crippen LogP contribution in [0.5, 0.6) is 5.75 Å². The molecular weight excluding hydrogens is 523 g/mol. The second-order valence-electron chi connectivity index (χ2n) is 9.33. The van der Waals surface area contributed by atoms with Gasteiger partial charge in [-0.3, -0.25) is 9.00 Å². The molecule has 2 aliphatic carbocycles. The highest BCUT2D eigenvalue weighted by Gasteiger charge is 2.39. The number of fused-ring (bicyclic) bond motifs is 1. The Morgan fingerprint density at radius 2 is 2.05 bits per heavy atom. The van der Waals surface area contributed by atoms with Gasteiger partial charge in [-0.05, 0) is 43.9 Å². The first-order valence-electron chi connectivity index (χ1n) is 11.7. The van der Waals surface area contributed by atoms with Crippen molar-refractivity contribution in [1.82, 2.24) is 14.6 Å². The first-order valence-corrected chi connectivity index (χ1v) is 13.4. The van der Waals surface area contributed by atoms with Gasteiger partial charge in [-0.25, -0.2) is 4.98 Å². The molecule has 3 aromatic rings. The summed E-state index contributed by atoms with van der Waals surface area (Å²) in [6, 6.07) is 10.1. The molecule has 2 fully saturated rings. The molecule has 5 rings (SSSR count). The van der Waals surface area contributed by atoms with Crippen LogP contribution in [0.3, 0.4) is 0 Å². The number of nitrogens with two attached hydrogens (primary N) is 1. The van der Waals surface area contributed by atoms with Crippen molar-refractivity contribution in [2.24, 2.45) is 5.73 Å². The standard InChI is InChI=1S/C22H25N7O2S.C2HF3O/c1-32(30)12-14-8-17(4-5-18(14)31-13-22(24)6-7-22)26-19-9-20(27-16-2-3-16)29-21(28-19)15(10-23)11-25-29;3-2(4,5)1-6/h4-5,8-9,11,16,27H,2-3,6-7,12-13,24H2,1H3,(H,26,28);1H. The van der Waals surface area contributed by atoms with Gasteiger partial charge in [-0.1, -0.05) is 0 Å². The van der Waals surface area contributed by atoms with Crippen LogP contribution in [0, 0.1) is 11.3 Å². The average Bonchev–Trinajstić information content (AvgIpc) is 3.77. The molecule has 2 aliphatic rings. The highest BCUT2D eigenvalue weighted by atomic mass is 32.2. The molecule has 1 aromatic carbocycles. The number of alkyl halides is 3. The molecule has 202 valence electrons. The van der Waals surface area contributed by atoms with Crippen molar-refractivity contribution < 1.29 is 26.9 Å². The van der Waals surface area contributed by atoms with Crippen LogP contribution in [-0.2, 0) is 21.3 Å². The number of rotatable bonds is 9. The zero-order chi connectivity index (χ0) is 27.5. The summed E-state index contributed by atoms with van der Waals surface area (Å²) in [5, 5.41) is 20.5. The number of benzene rings is 1. The summed E-state index contributed by atoms with van der Waals surface area (Å²) in [5.74, 6) is 2.46. The Labute approximate surface area is 218 Å². The SMILES string of the molecule is CS(=O)Cc1cc(Nc2cc(NC3CC3)n3ncc(C#N)c3n2)ccc1OCC1(N)CC1.O=CC(F)(F)F. The van der Waals surface area contributed by atoms with Gasteiger partial charge in [0.15, 0.2) is 5.65 Å². The van der Waals surface area contributed by atoms with E-state index in [1.54, 1.807) is 10.8 Å². The van der Waals surface area contributed by atoms with Gasteiger partial charge in [0.25, 0.3) is 0 Å². The fourth-order valence-electron chi connectivity index (χ4n) is 3.45. The summed E-state index contributed by atoms with van der Waals surface area (Å²) >= 11 is 0. The van der Waals surface area contributed by atoms with Crippen molar-refractivity contribution in [3.8, 4) is 11.8 Å². The summed E-state index contributed by atoms with van der Waals surface area (Å²) < 4.78 is 50.8. The van der Waals surface area contributed by atoms with E-state index in [9.17, 15) is 22.6 Å². The van der Waals surface area contributed by atoms with Crippen molar-refractivity contribution in [3.63, 3.8) is 0 Å². The summed E-state index contributed by atoms with van der Waals surface area (Å²) in [4.78, 5) is 13.3. The van der Waals surface area contributed by atoms with Gasteiger partial charge in [-0.2, -0.15) is 28.0 Å². The maximum Gasteiger partial charge on any atom is 0.446 e. The largest absolute Gasteiger partial charge is 0.491 e. The van der Waals surface area contributed by atoms with E-state index in [2.05, 4.69) is 26.8 Å². The van der Waals surface area contributed by atoms with E-state index >= 15 is 0 Å². The molecule has 14 heteroatoms. The molecule has 1 unspecified atom stereocenters. The van der Waals surface area contributed by atoms with E-state index in [1.165, 1.54) is 6.20 Å². The van der Waals surface area contributed by atoms with Gasteiger partial charge in [-0.15, -0.1) is 0 Å². The third-order valence-electron chi connectivity index (χ3n) is 5.75. The number of carbonyl (C=O) groups is 1. The third-order valence-corrected chi connectivity index (χ3v) is 6.47.